The quantitative estimate of drug-likeness (QED) is 0.592. The monoisotopic (exact) mass is 232 g/mol. The Hall–Kier alpha value is -1.64. The molecule has 1 aliphatic rings. The molecule has 3 heteroatoms. The van der Waals surface area contributed by atoms with E-state index in [9.17, 15) is 9.59 Å². The summed E-state index contributed by atoms with van der Waals surface area (Å²) in [4.78, 5) is 23.6. The van der Waals surface area contributed by atoms with E-state index in [4.69, 9.17) is 4.74 Å². The van der Waals surface area contributed by atoms with E-state index < -0.39 is 5.41 Å². The molecule has 2 rings (SSSR count). The molecule has 0 N–H and O–H groups in total. The number of rotatable bonds is 3. The van der Waals surface area contributed by atoms with Gasteiger partial charge in [-0.2, -0.15) is 0 Å². The van der Waals surface area contributed by atoms with E-state index in [1.807, 2.05) is 31.2 Å². The molecule has 0 aliphatic carbocycles. The van der Waals surface area contributed by atoms with Gasteiger partial charge in [0.05, 0.1) is 6.61 Å². The minimum atomic E-state index is -0.952. The van der Waals surface area contributed by atoms with Crippen LogP contribution in [-0.4, -0.2) is 18.4 Å². The average molecular weight is 232 g/mol. The van der Waals surface area contributed by atoms with Crippen LogP contribution in [0.1, 0.15) is 24.5 Å². The van der Waals surface area contributed by atoms with Crippen molar-refractivity contribution in [1.82, 2.24) is 0 Å². The summed E-state index contributed by atoms with van der Waals surface area (Å²) in [7, 11) is 0. The number of hydrogen-bond donors (Lipinski definition) is 0. The van der Waals surface area contributed by atoms with Crippen molar-refractivity contribution < 1.29 is 14.3 Å². The zero-order chi connectivity index (χ0) is 12.5. The van der Waals surface area contributed by atoms with Crippen molar-refractivity contribution in [2.75, 3.05) is 6.61 Å². The number of aryl methyl sites for hydroxylation is 1. The van der Waals surface area contributed by atoms with Gasteiger partial charge in [0.15, 0.2) is 0 Å². The van der Waals surface area contributed by atoms with Gasteiger partial charge < -0.3 is 4.74 Å². The smallest absolute Gasteiger partial charge is 0.320 e. The zero-order valence-corrected chi connectivity index (χ0v) is 10.2. The number of carbonyl (C=O) groups is 2. The predicted octanol–water partition coefficient (Wildman–Crippen LogP) is 2.06. The highest BCUT2D eigenvalue weighted by Gasteiger charge is 2.48. The number of hydrogen-bond acceptors (Lipinski definition) is 3. The summed E-state index contributed by atoms with van der Waals surface area (Å²) in [5.41, 5.74) is 1.20. The van der Waals surface area contributed by atoms with Crippen molar-refractivity contribution in [2.45, 2.75) is 26.7 Å². The third kappa shape index (κ3) is 1.97. The van der Waals surface area contributed by atoms with Crippen LogP contribution in [0.2, 0.25) is 0 Å². The van der Waals surface area contributed by atoms with Gasteiger partial charge in [0.25, 0.3) is 0 Å². The van der Waals surface area contributed by atoms with Gasteiger partial charge in [-0.3, -0.25) is 9.59 Å². The first-order valence-corrected chi connectivity index (χ1v) is 5.79. The Labute approximate surface area is 101 Å². The third-order valence-corrected chi connectivity index (χ3v) is 3.58. The van der Waals surface area contributed by atoms with Crippen LogP contribution in [0.4, 0.5) is 0 Å². The van der Waals surface area contributed by atoms with Gasteiger partial charge in [-0.15, -0.1) is 0 Å². The molecule has 1 saturated heterocycles. The van der Waals surface area contributed by atoms with E-state index in [0.717, 1.165) is 11.1 Å². The predicted molar refractivity (Wildman–Crippen MR) is 63.6 cm³/mol. The van der Waals surface area contributed by atoms with Crippen LogP contribution >= 0.6 is 0 Å². The molecule has 0 bridgehead atoms. The average Bonchev–Trinajstić information content (AvgIpc) is 2.65. The largest absolute Gasteiger partial charge is 0.465 e. The summed E-state index contributed by atoms with van der Waals surface area (Å²) in [6.45, 7) is 3.82. The Kier molecular flexibility index (Phi) is 3.01. The topological polar surface area (TPSA) is 43.4 Å². The van der Waals surface area contributed by atoms with Crippen LogP contribution in [0.5, 0.6) is 0 Å². The Bertz CT molecular complexity index is 464. The van der Waals surface area contributed by atoms with Crippen LogP contribution in [0.3, 0.4) is 0 Å². The SMILES string of the molecule is CC(=O)C1(Cc2ccccc2C)CCOC1=O. The fourth-order valence-corrected chi connectivity index (χ4v) is 2.30. The Morgan fingerprint density at radius 1 is 1.41 bits per heavy atom. The molecule has 1 aliphatic heterocycles. The van der Waals surface area contributed by atoms with E-state index in [1.165, 1.54) is 6.92 Å². The van der Waals surface area contributed by atoms with Gasteiger partial charge in [-0.05, 0) is 31.4 Å². The van der Waals surface area contributed by atoms with Crippen LogP contribution in [-0.2, 0) is 20.7 Å². The molecule has 1 aromatic carbocycles. The van der Waals surface area contributed by atoms with E-state index >= 15 is 0 Å². The van der Waals surface area contributed by atoms with Crippen molar-refractivity contribution in [3.8, 4) is 0 Å². The molecular weight excluding hydrogens is 216 g/mol. The van der Waals surface area contributed by atoms with Crippen molar-refractivity contribution in [2.24, 2.45) is 5.41 Å². The molecule has 1 unspecified atom stereocenters. The second-order valence-corrected chi connectivity index (χ2v) is 4.63. The summed E-state index contributed by atoms with van der Waals surface area (Å²) in [5.74, 6) is -0.462. The lowest BCUT2D eigenvalue weighted by Gasteiger charge is -2.22. The second-order valence-electron chi connectivity index (χ2n) is 4.63. The van der Waals surface area contributed by atoms with Gasteiger partial charge in [0.1, 0.15) is 11.2 Å². The summed E-state index contributed by atoms with van der Waals surface area (Å²) in [5, 5.41) is 0. The number of benzene rings is 1. The first-order valence-electron chi connectivity index (χ1n) is 5.79. The van der Waals surface area contributed by atoms with Gasteiger partial charge in [0.2, 0.25) is 0 Å². The number of ketones is 1. The first kappa shape index (κ1) is 11.8. The minimum Gasteiger partial charge on any atom is -0.465 e. The summed E-state index contributed by atoms with van der Waals surface area (Å²) < 4.78 is 4.98. The minimum absolute atomic E-state index is 0.0942. The molecule has 0 spiro atoms. The zero-order valence-electron chi connectivity index (χ0n) is 10.2. The first-order chi connectivity index (χ1) is 8.06. The molecule has 90 valence electrons. The van der Waals surface area contributed by atoms with E-state index in [1.54, 1.807) is 0 Å². The number of cyclic esters (lactones) is 1. The number of esters is 1. The van der Waals surface area contributed by atoms with E-state index in [0.29, 0.717) is 19.4 Å². The molecular formula is C14H16O3. The maximum Gasteiger partial charge on any atom is 0.320 e. The Balaban J connectivity index is 2.35. The van der Waals surface area contributed by atoms with Crippen LogP contribution in [0.25, 0.3) is 0 Å². The number of Topliss-reactive ketones (excluding diaryl/α,β-unsaturated/α-hetero) is 1. The molecule has 0 amide bonds. The lowest BCUT2D eigenvalue weighted by atomic mass is 9.76. The molecule has 0 radical (unpaired) electrons. The molecule has 1 heterocycles. The van der Waals surface area contributed by atoms with Gasteiger partial charge >= 0.3 is 5.97 Å². The molecule has 1 aromatic rings. The van der Waals surface area contributed by atoms with Gasteiger partial charge in [-0.1, -0.05) is 24.3 Å². The highest BCUT2D eigenvalue weighted by atomic mass is 16.5. The van der Waals surface area contributed by atoms with Crippen molar-refractivity contribution in [3.05, 3.63) is 35.4 Å². The Morgan fingerprint density at radius 2 is 2.12 bits per heavy atom. The molecule has 0 aromatic heterocycles. The molecule has 17 heavy (non-hydrogen) atoms. The van der Waals surface area contributed by atoms with Crippen molar-refractivity contribution >= 4 is 11.8 Å². The van der Waals surface area contributed by atoms with E-state index in [2.05, 4.69) is 0 Å². The van der Waals surface area contributed by atoms with Crippen molar-refractivity contribution in [3.63, 3.8) is 0 Å². The number of ether oxygens (including phenoxy) is 1. The molecule has 1 atom stereocenters. The Morgan fingerprint density at radius 3 is 2.65 bits per heavy atom. The lowest BCUT2D eigenvalue weighted by Crippen LogP contribution is -2.36. The van der Waals surface area contributed by atoms with Crippen LogP contribution < -0.4 is 0 Å². The number of carbonyl (C=O) groups excluding carboxylic acids is 2. The fourth-order valence-electron chi connectivity index (χ4n) is 2.30. The van der Waals surface area contributed by atoms with Crippen LogP contribution in [0.15, 0.2) is 24.3 Å². The van der Waals surface area contributed by atoms with Crippen LogP contribution in [0, 0.1) is 12.3 Å². The summed E-state index contributed by atoms with van der Waals surface area (Å²) in [6.07, 6.45) is 0.948. The second kappa shape index (κ2) is 4.32. The summed E-state index contributed by atoms with van der Waals surface area (Å²) in [6, 6.07) is 7.83. The molecule has 0 saturated carbocycles. The highest BCUT2D eigenvalue weighted by Crippen LogP contribution is 2.35. The maximum atomic E-state index is 11.8. The van der Waals surface area contributed by atoms with E-state index in [-0.39, 0.29) is 11.8 Å². The lowest BCUT2D eigenvalue weighted by molar-refractivity contribution is -0.150. The van der Waals surface area contributed by atoms with Crippen molar-refractivity contribution in [1.29, 1.82) is 0 Å². The molecule has 3 nitrogen and oxygen atoms in total. The van der Waals surface area contributed by atoms with Gasteiger partial charge in [-0.25, -0.2) is 0 Å². The summed E-state index contributed by atoms with van der Waals surface area (Å²) >= 11 is 0. The standard InChI is InChI=1S/C14H16O3/c1-10-5-3-4-6-12(10)9-14(11(2)15)7-8-17-13(14)16/h3-6H,7-9H2,1-2H3. The third-order valence-electron chi connectivity index (χ3n) is 3.58. The fraction of sp³-hybridized carbons (Fsp3) is 0.429. The highest BCUT2D eigenvalue weighted by molar-refractivity contribution is 6.04. The molecule has 1 fully saturated rings. The van der Waals surface area contributed by atoms with Gasteiger partial charge in [0, 0.05) is 6.42 Å². The maximum absolute atomic E-state index is 11.8. The normalized spacial score (nSPS) is 23.5.